The second-order valence-corrected chi connectivity index (χ2v) is 6.04. The summed E-state index contributed by atoms with van der Waals surface area (Å²) in [4.78, 5) is 14.5. The first-order valence-electron chi connectivity index (χ1n) is 7.94. The summed E-state index contributed by atoms with van der Waals surface area (Å²) in [7, 11) is 0. The van der Waals surface area contributed by atoms with Crippen LogP contribution in [-0.4, -0.2) is 29.0 Å². The lowest BCUT2D eigenvalue weighted by molar-refractivity contribution is -0.138. The van der Waals surface area contributed by atoms with Crippen molar-refractivity contribution in [1.82, 2.24) is 15.5 Å². The van der Waals surface area contributed by atoms with Crippen LogP contribution in [0, 0.1) is 0 Å². The van der Waals surface area contributed by atoms with Crippen molar-refractivity contribution >= 4 is 23.2 Å². The number of likely N-dealkylation sites (N-methyl/N-ethyl adjacent to an activating group) is 1. The topological polar surface area (TPSA) is 44.4 Å². The van der Waals surface area contributed by atoms with E-state index in [2.05, 4.69) is 10.6 Å². The van der Waals surface area contributed by atoms with E-state index in [0.717, 1.165) is 6.07 Å². The molecule has 136 valence electrons. The van der Waals surface area contributed by atoms with E-state index >= 15 is 0 Å². The van der Waals surface area contributed by atoms with Crippen LogP contribution in [0.25, 0.3) is 0 Å². The first kappa shape index (κ1) is 19.2. The zero-order chi connectivity index (χ0) is 18.8. The first-order chi connectivity index (χ1) is 11.7. The molecule has 0 unspecified atom stereocenters. The molecule has 0 aromatic heterocycles. The van der Waals surface area contributed by atoms with Gasteiger partial charge < -0.3 is 15.5 Å². The van der Waals surface area contributed by atoms with Gasteiger partial charge in [-0.25, -0.2) is 0 Å². The summed E-state index contributed by atoms with van der Waals surface area (Å²) >= 11 is 5.10. The quantitative estimate of drug-likeness (QED) is 0.797. The molecule has 0 fully saturated rings. The van der Waals surface area contributed by atoms with Crippen LogP contribution in [0.2, 0.25) is 0 Å². The van der Waals surface area contributed by atoms with E-state index in [1.807, 2.05) is 13.8 Å². The van der Waals surface area contributed by atoms with E-state index < -0.39 is 17.8 Å². The lowest BCUT2D eigenvalue weighted by Gasteiger charge is -2.34. The summed E-state index contributed by atoms with van der Waals surface area (Å²) in [6.45, 7) is 6.22. The van der Waals surface area contributed by atoms with Gasteiger partial charge >= 0.3 is 6.18 Å². The molecule has 2 rings (SSSR count). The highest BCUT2D eigenvalue weighted by Crippen LogP contribution is 2.38. The summed E-state index contributed by atoms with van der Waals surface area (Å²) in [5.74, 6) is -0.313. The smallest absolute Gasteiger partial charge is 0.351 e. The Labute approximate surface area is 150 Å². The number of hydrogen-bond acceptors (Lipinski definition) is 2. The van der Waals surface area contributed by atoms with Crippen molar-refractivity contribution in [2.24, 2.45) is 0 Å². The highest BCUT2D eigenvalue weighted by Gasteiger charge is 2.39. The normalized spacial score (nSPS) is 17.8. The van der Waals surface area contributed by atoms with Gasteiger partial charge in [0, 0.05) is 18.8 Å². The van der Waals surface area contributed by atoms with Gasteiger partial charge in [-0.1, -0.05) is 18.2 Å². The molecule has 25 heavy (non-hydrogen) atoms. The molecular formula is C17H20F3N3OS. The minimum absolute atomic E-state index is 0.0197. The van der Waals surface area contributed by atoms with Crippen LogP contribution in [-0.2, 0) is 11.0 Å². The number of nitrogens with zero attached hydrogens (tertiary/aromatic N) is 1. The van der Waals surface area contributed by atoms with Crippen LogP contribution in [0.3, 0.4) is 0 Å². The Morgan fingerprint density at radius 3 is 2.40 bits per heavy atom. The second-order valence-electron chi connectivity index (χ2n) is 5.63. The Bertz CT molecular complexity index is 711. The van der Waals surface area contributed by atoms with E-state index in [4.69, 9.17) is 12.2 Å². The Kier molecular flexibility index (Phi) is 5.72. The highest BCUT2D eigenvalue weighted by molar-refractivity contribution is 7.80. The average Bonchev–Trinajstić information content (AvgIpc) is 2.54. The fourth-order valence-corrected chi connectivity index (χ4v) is 3.17. The van der Waals surface area contributed by atoms with E-state index in [1.54, 1.807) is 11.8 Å². The van der Waals surface area contributed by atoms with Gasteiger partial charge in [0.25, 0.3) is 5.91 Å². The molecule has 1 aliphatic heterocycles. The van der Waals surface area contributed by atoms with Crippen LogP contribution < -0.4 is 10.6 Å². The molecule has 1 aromatic rings. The fraction of sp³-hybridized carbons (Fsp3) is 0.412. The van der Waals surface area contributed by atoms with Crippen molar-refractivity contribution < 1.29 is 18.0 Å². The average molecular weight is 371 g/mol. The maximum absolute atomic E-state index is 13.4. The first-order valence-corrected chi connectivity index (χ1v) is 8.35. The third-order valence-electron chi connectivity index (χ3n) is 4.13. The number of hydrogen-bond donors (Lipinski definition) is 2. The highest BCUT2D eigenvalue weighted by atomic mass is 32.1. The Morgan fingerprint density at radius 1 is 1.24 bits per heavy atom. The van der Waals surface area contributed by atoms with E-state index in [-0.39, 0.29) is 22.2 Å². The number of allylic oxidation sites excluding steroid dienone is 1. The summed E-state index contributed by atoms with van der Waals surface area (Å²) in [5.41, 5.74) is -0.0971. The van der Waals surface area contributed by atoms with Crippen molar-refractivity contribution in [2.75, 3.05) is 13.1 Å². The number of carbonyl (C=O) groups excluding carboxylic acids is 1. The number of carbonyl (C=O) groups is 1. The monoisotopic (exact) mass is 371 g/mol. The summed E-state index contributed by atoms with van der Waals surface area (Å²) in [5, 5.41) is 5.86. The predicted molar refractivity (Wildman–Crippen MR) is 93.7 cm³/mol. The largest absolute Gasteiger partial charge is 0.416 e. The predicted octanol–water partition coefficient (Wildman–Crippen LogP) is 3.37. The molecular weight excluding hydrogens is 351 g/mol. The fourth-order valence-electron chi connectivity index (χ4n) is 2.90. The number of thiocarbonyl (C=S) groups is 1. The molecule has 0 saturated carbocycles. The van der Waals surface area contributed by atoms with Crippen LogP contribution in [0.1, 0.15) is 37.9 Å². The lowest BCUT2D eigenvalue weighted by Crippen LogP contribution is -2.48. The number of nitrogens with one attached hydrogen (secondary N) is 2. The van der Waals surface area contributed by atoms with Crippen LogP contribution >= 0.6 is 12.2 Å². The number of benzene rings is 1. The molecule has 0 saturated heterocycles. The summed E-state index contributed by atoms with van der Waals surface area (Å²) in [6, 6.07) is 4.27. The Morgan fingerprint density at radius 2 is 1.84 bits per heavy atom. The van der Waals surface area contributed by atoms with E-state index in [0.29, 0.717) is 18.8 Å². The molecule has 1 heterocycles. The maximum Gasteiger partial charge on any atom is 0.416 e. The SMILES string of the molecule is CCN(CC)C(=O)C1=C(C)NC(=S)N[C@H]1c1ccccc1C(F)(F)F. The Hall–Kier alpha value is -2.09. The van der Waals surface area contributed by atoms with Crippen LogP contribution in [0.5, 0.6) is 0 Å². The molecule has 0 radical (unpaired) electrons. The molecule has 2 N–H and O–H groups in total. The zero-order valence-corrected chi connectivity index (χ0v) is 15.0. The van der Waals surface area contributed by atoms with Gasteiger partial charge in [0.1, 0.15) is 0 Å². The summed E-state index contributed by atoms with van der Waals surface area (Å²) < 4.78 is 40.3. The molecule has 0 spiro atoms. The Balaban J connectivity index is 2.60. The van der Waals surface area contributed by atoms with Gasteiger partial charge in [-0.15, -0.1) is 0 Å². The van der Waals surface area contributed by atoms with E-state index in [9.17, 15) is 18.0 Å². The molecule has 8 heteroatoms. The van der Waals surface area contributed by atoms with E-state index in [1.165, 1.54) is 18.2 Å². The number of amides is 1. The van der Waals surface area contributed by atoms with Crippen LogP contribution in [0.15, 0.2) is 35.5 Å². The molecule has 0 bridgehead atoms. The van der Waals surface area contributed by atoms with Crippen molar-refractivity contribution in [2.45, 2.75) is 33.0 Å². The van der Waals surface area contributed by atoms with Gasteiger partial charge in [-0.2, -0.15) is 13.2 Å². The van der Waals surface area contributed by atoms with Crippen molar-refractivity contribution in [1.29, 1.82) is 0 Å². The van der Waals surface area contributed by atoms with Crippen LogP contribution in [0.4, 0.5) is 13.2 Å². The van der Waals surface area contributed by atoms with Gasteiger partial charge in [-0.3, -0.25) is 4.79 Å². The van der Waals surface area contributed by atoms with Gasteiger partial charge in [0.05, 0.1) is 17.2 Å². The molecule has 1 amide bonds. The maximum atomic E-state index is 13.4. The number of halogens is 3. The third kappa shape index (κ3) is 3.95. The molecule has 1 aromatic carbocycles. The molecule has 1 aliphatic rings. The summed E-state index contributed by atoms with van der Waals surface area (Å²) in [6.07, 6.45) is -4.53. The minimum Gasteiger partial charge on any atom is -0.351 e. The number of rotatable bonds is 4. The molecule has 0 aliphatic carbocycles. The van der Waals surface area contributed by atoms with Gasteiger partial charge in [-0.05, 0) is 44.6 Å². The van der Waals surface area contributed by atoms with Crippen molar-refractivity contribution in [3.8, 4) is 0 Å². The zero-order valence-electron chi connectivity index (χ0n) is 14.2. The third-order valence-corrected chi connectivity index (χ3v) is 4.35. The second kappa shape index (κ2) is 7.43. The van der Waals surface area contributed by atoms with Gasteiger partial charge in [0.2, 0.25) is 0 Å². The molecule has 4 nitrogen and oxygen atoms in total. The number of alkyl halides is 3. The van der Waals surface area contributed by atoms with Gasteiger partial charge in [0.15, 0.2) is 5.11 Å². The standard InChI is InChI=1S/C17H20F3N3OS/c1-4-23(5-2)15(24)13-10(3)21-16(25)22-14(13)11-8-6-7-9-12(11)17(18,19)20/h6-9,14H,4-5H2,1-3H3,(H2,21,22,25)/t14-/m0/s1. The lowest BCUT2D eigenvalue weighted by atomic mass is 9.91. The molecule has 1 atom stereocenters. The van der Waals surface area contributed by atoms with Crippen molar-refractivity contribution in [3.63, 3.8) is 0 Å². The minimum atomic E-state index is -4.53. The van der Waals surface area contributed by atoms with Crippen molar-refractivity contribution in [3.05, 3.63) is 46.7 Å².